The molecule has 1 aromatic heterocycles. The Bertz CT molecular complexity index is 357. The molecular formula is C10H16N4O2. The summed E-state index contributed by atoms with van der Waals surface area (Å²) >= 11 is 0. The summed E-state index contributed by atoms with van der Waals surface area (Å²) < 4.78 is 6.99. The van der Waals surface area contributed by atoms with Crippen LogP contribution in [-0.2, 0) is 11.8 Å². The minimum atomic E-state index is -0.153. The average Bonchev–Trinajstić information content (AvgIpc) is 2.74. The van der Waals surface area contributed by atoms with E-state index in [-0.39, 0.29) is 11.9 Å². The summed E-state index contributed by atoms with van der Waals surface area (Å²) in [5.74, 6) is 0.275. The summed E-state index contributed by atoms with van der Waals surface area (Å²) in [7, 11) is 1.80. The number of nitrogens with zero attached hydrogens (tertiary/aromatic N) is 2. The first-order valence-electron chi connectivity index (χ1n) is 5.34. The molecular weight excluding hydrogens is 208 g/mol. The second kappa shape index (κ2) is 5.09. The lowest BCUT2D eigenvalue weighted by Gasteiger charge is -2.23. The lowest BCUT2D eigenvalue weighted by Crippen LogP contribution is -2.48. The second-order valence-corrected chi connectivity index (χ2v) is 3.80. The van der Waals surface area contributed by atoms with Gasteiger partial charge in [0.15, 0.2) is 5.82 Å². The number of rotatable bonds is 3. The van der Waals surface area contributed by atoms with Gasteiger partial charge in [-0.25, -0.2) is 4.98 Å². The van der Waals surface area contributed by atoms with Crippen LogP contribution in [0.5, 0.6) is 0 Å². The molecule has 1 amide bonds. The van der Waals surface area contributed by atoms with Crippen LogP contribution in [0.2, 0.25) is 0 Å². The van der Waals surface area contributed by atoms with E-state index in [1.54, 1.807) is 24.0 Å². The van der Waals surface area contributed by atoms with E-state index in [0.717, 1.165) is 13.2 Å². The molecule has 1 aliphatic heterocycles. The van der Waals surface area contributed by atoms with Crippen molar-refractivity contribution >= 4 is 5.91 Å². The van der Waals surface area contributed by atoms with Gasteiger partial charge in [-0.2, -0.15) is 0 Å². The number of carbonyl (C=O) groups excluding carboxylic acids is 1. The Labute approximate surface area is 94.0 Å². The van der Waals surface area contributed by atoms with Gasteiger partial charge in [0.1, 0.15) is 0 Å². The zero-order chi connectivity index (χ0) is 11.4. The summed E-state index contributed by atoms with van der Waals surface area (Å²) in [4.78, 5) is 15.7. The number of carbonyl (C=O) groups is 1. The molecule has 1 fully saturated rings. The Hall–Kier alpha value is -1.40. The van der Waals surface area contributed by atoms with Gasteiger partial charge in [-0.3, -0.25) is 4.79 Å². The van der Waals surface area contributed by atoms with Crippen molar-refractivity contribution in [3.8, 4) is 0 Å². The number of aromatic nitrogens is 2. The van der Waals surface area contributed by atoms with E-state index < -0.39 is 0 Å². The topological polar surface area (TPSA) is 68.2 Å². The number of morpholine rings is 1. The Kier molecular flexibility index (Phi) is 3.53. The molecule has 0 bridgehead atoms. The summed E-state index contributed by atoms with van der Waals surface area (Å²) in [6, 6.07) is 0.193. The molecule has 16 heavy (non-hydrogen) atoms. The highest BCUT2D eigenvalue weighted by Crippen LogP contribution is 1.95. The molecule has 1 saturated heterocycles. The van der Waals surface area contributed by atoms with E-state index in [9.17, 15) is 4.79 Å². The number of aryl methyl sites for hydroxylation is 1. The molecule has 88 valence electrons. The van der Waals surface area contributed by atoms with Crippen LogP contribution in [-0.4, -0.2) is 47.8 Å². The van der Waals surface area contributed by atoms with Crippen molar-refractivity contribution in [2.75, 3.05) is 26.3 Å². The van der Waals surface area contributed by atoms with Gasteiger partial charge >= 0.3 is 0 Å². The Balaban J connectivity index is 1.81. The van der Waals surface area contributed by atoms with Gasteiger partial charge in [0.25, 0.3) is 5.91 Å². The van der Waals surface area contributed by atoms with Crippen molar-refractivity contribution in [1.29, 1.82) is 0 Å². The lowest BCUT2D eigenvalue weighted by atomic mass is 10.3. The Morgan fingerprint density at radius 1 is 1.81 bits per heavy atom. The van der Waals surface area contributed by atoms with Gasteiger partial charge in [0, 0.05) is 38.6 Å². The third-order valence-electron chi connectivity index (χ3n) is 2.53. The fourth-order valence-electron chi connectivity index (χ4n) is 1.63. The molecule has 0 aromatic carbocycles. The first-order chi connectivity index (χ1) is 7.77. The van der Waals surface area contributed by atoms with Gasteiger partial charge in [-0.05, 0) is 0 Å². The molecule has 1 aliphatic rings. The summed E-state index contributed by atoms with van der Waals surface area (Å²) in [5.41, 5.74) is 0. The van der Waals surface area contributed by atoms with E-state index in [1.807, 2.05) is 0 Å². The molecule has 2 N–H and O–H groups in total. The summed E-state index contributed by atoms with van der Waals surface area (Å²) in [6.07, 6.45) is 3.35. The predicted molar refractivity (Wildman–Crippen MR) is 58.2 cm³/mol. The maximum Gasteiger partial charge on any atom is 0.287 e. The molecule has 0 spiro atoms. The molecule has 1 unspecified atom stereocenters. The zero-order valence-corrected chi connectivity index (χ0v) is 9.27. The lowest BCUT2D eigenvalue weighted by molar-refractivity contribution is 0.0731. The van der Waals surface area contributed by atoms with E-state index >= 15 is 0 Å². The van der Waals surface area contributed by atoms with Gasteiger partial charge < -0.3 is 19.9 Å². The molecule has 2 heterocycles. The number of imidazole rings is 1. The SMILES string of the molecule is Cn1ccnc1C(=O)NCC1COCCN1. The highest BCUT2D eigenvalue weighted by atomic mass is 16.5. The Morgan fingerprint density at radius 3 is 3.31 bits per heavy atom. The zero-order valence-electron chi connectivity index (χ0n) is 9.27. The molecule has 1 atom stereocenters. The molecule has 0 radical (unpaired) electrons. The molecule has 2 rings (SSSR count). The van der Waals surface area contributed by atoms with E-state index in [2.05, 4.69) is 15.6 Å². The summed E-state index contributed by atoms with van der Waals surface area (Å²) in [6.45, 7) is 2.78. The van der Waals surface area contributed by atoms with E-state index in [0.29, 0.717) is 19.0 Å². The van der Waals surface area contributed by atoms with E-state index in [1.165, 1.54) is 0 Å². The first kappa shape index (κ1) is 11.1. The van der Waals surface area contributed by atoms with Crippen LogP contribution in [0.25, 0.3) is 0 Å². The quantitative estimate of drug-likeness (QED) is 0.701. The van der Waals surface area contributed by atoms with Gasteiger partial charge in [-0.1, -0.05) is 0 Å². The number of ether oxygens (including phenoxy) is 1. The van der Waals surface area contributed by atoms with Crippen molar-refractivity contribution in [3.05, 3.63) is 18.2 Å². The second-order valence-electron chi connectivity index (χ2n) is 3.80. The van der Waals surface area contributed by atoms with Crippen LogP contribution in [0.3, 0.4) is 0 Å². The van der Waals surface area contributed by atoms with Crippen LogP contribution in [0.1, 0.15) is 10.6 Å². The van der Waals surface area contributed by atoms with Crippen LogP contribution in [0.4, 0.5) is 0 Å². The third kappa shape index (κ3) is 2.59. The monoisotopic (exact) mass is 224 g/mol. The largest absolute Gasteiger partial charge is 0.378 e. The van der Waals surface area contributed by atoms with Crippen molar-refractivity contribution in [3.63, 3.8) is 0 Å². The maximum absolute atomic E-state index is 11.7. The number of hydrogen-bond acceptors (Lipinski definition) is 4. The van der Waals surface area contributed by atoms with Gasteiger partial charge in [0.05, 0.1) is 13.2 Å². The van der Waals surface area contributed by atoms with Crippen LogP contribution < -0.4 is 10.6 Å². The molecule has 6 heteroatoms. The van der Waals surface area contributed by atoms with Crippen molar-refractivity contribution in [2.45, 2.75) is 6.04 Å². The number of hydrogen-bond donors (Lipinski definition) is 2. The highest BCUT2D eigenvalue weighted by molar-refractivity contribution is 5.90. The average molecular weight is 224 g/mol. The van der Waals surface area contributed by atoms with Crippen molar-refractivity contribution < 1.29 is 9.53 Å². The van der Waals surface area contributed by atoms with Crippen LogP contribution in [0.15, 0.2) is 12.4 Å². The highest BCUT2D eigenvalue weighted by Gasteiger charge is 2.16. The molecule has 0 aliphatic carbocycles. The maximum atomic E-state index is 11.7. The smallest absolute Gasteiger partial charge is 0.287 e. The standard InChI is InChI=1S/C10H16N4O2/c1-14-4-2-12-9(14)10(15)13-6-8-7-16-5-3-11-8/h2,4,8,11H,3,5-7H2,1H3,(H,13,15). The number of amides is 1. The minimum absolute atomic E-state index is 0.153. The molecule has 6 nitrogen and oxygen atoms in total. The van der Waals surface area contributed by atoms with Crippen molar-refractivity contribution in [1.82, 2.24) is 20.2 Å². The minimum Gasteiger partial charge on any atom is -0.378 e. The molecule has 0 saturated carbocycles. The normalized spacial score (nSPS) is 20.7. The third-order valence-corrected chi connectivity index (χ3v) is 2.53. The van der Waals surface area contributed by atoms with Gasteiger partial charge in [0.2, 0.25) is 0 Å². The molecule has 1 aromatic rings. The Morgan fingerprint density at radius 2 is 2.69 bits per heavy atom. The van der Waals surface area contributed by atoms with Crippen LogP contribution >= 0.6 is 0 Å². The predicted octanol–water partition coefficient (Wildman–Crippen LogP) is -0.862. The fraction of sp³-hybridized carbons (Fsp3) is 0.600. The fourth-order valence-corrected chi connectivity index (χ4v) is 1.63. The number of nitrogens with one attached hydrogen (secondary N) is 2. The first-order valence-corrected chi connectivity index (χ1v) is 5.34. The van der Waals surface area contributed by atoms with Crippen molar-refractivity contribution in [2.24, 2.45) is 7.05 Å². The summed E-state index contributed by atoms with van der Waals surface area (Å²) in [5, 5.41) is 6.10. The van der Waals surface area contributed by atoms with E-state index in [4.69, 9.17) is 4.74 Å². The van der Waals surface area contributed by atoms with Crippen LogP contribution in [0, 0.1) is 0 Å². The van der Waals surface area contributed by atoms with Gasteiger partial charge in [-0.15, -0.1) is 0 Å².